The summed E-state index contributed by atoms with van der Waals surface area (Å²) in [5, 5.41) is 11.7. The van der Waals surface area contributed by atoms with Crippen LogP contribution in [0.25, 0.3) is 5.76 Å². The van der Waals surface area contributed by atoms with Crippen molar-refractivity contribution in [3.05, 3.63) is 100 Å². The minimum absolute atomic E-state index is 0.0157. The van der Waals surface area contributed by atoms with E-state index < -0.39 is 17.7 Å². The van der Waals surface area contributed by atoms with Gasteiger partial charge >= 0.3 is 0 Å². The van der Waals surface area contributed by atoms with Crippen molar-refractivity contribution in [3.8, 4) is 11.5 Å². The number of aliphatic hydroxyl groups is 1. The maximum Gasteiger partial charge on any atom is 0.295 e. The zero-order valence-electron chi connectivity index (χ0n) is 20.9. The number of carbonyl (C=O) groups excluding carboxylic acids is 2. The first-order chi connectivity index (χ1) is 17.9. The van der Waals surface area contributed by atoms with Crippen LogP contribution in [0.4, 0.5) is 0 Å². The number of rotatable bonds is 10. The molecule has 1 fully saturated rings. The van der Waals surface area contributed by atoms with Crippen LogP contribution < -0.4 is 9.47 Å². The first-order valence-corrected chi connectivity index (χ1v) is 12.7. The van der Waals surface area contributed by atoms with Crippen molar-refractivity contribution in [3.63, 3.8) is 0 Å². The molecule has 3 aromatic rings. The molecule has 1 N–H and O–H groups in total. The van der Waals surface area contributed by atoms with E-state index in [0.29, 0.717) is 34.3 Å². The highest BCUT2D eigenvalue weighted by molar-refractivity contribution is 6.46. The summed E-state index contributed by atoms with van der Waals surface area (Å²) in [5.74, 6) is -0.601. The largest absolute Gasteiger partial charge is 0.507 e. The highest BCUT2D eigenvalue weighted by Gasteiger charge is 2.46. The molecular formula is C30H30ClNO5. The minimum Gasteiger partial charge on any atom is -0.507 e. The van der Waals surface area contributed by atoms with Crippen LogP contribution in [0.1, 0.15) is 48.9 Å². The number of hydrogen-bond donors (Lipinski definition) is 1. The van der Waals surface area contributed by atoms with Crippen LogP contribution in [0.3, 0.4) is 0 Å². The molecule has 0 aliphatic carbocycles. The zero-order valence-corrected chi connectivity index (χ0v) is 21.7. The zero-order chi connectivity index (χ0) is 26.4. The molecule has 1 aliphatic heterocycles. The fraction of sp³-hybridized carbons (Fsp3) is 0.267. The number of hydrogen-bond acceptors (Lipinski definition) is 5. The van der Waals surface area contributed by atoms with E-state index in [0.717, 1.165) is 24.8 Å². The maximum atomic E-state index is 13.3. The van der Waals surface area contributed by atoms with Gasteiger partial charge in [0.25, 0.3) is 11.7 Å². The van der Waals surface area contributed by atoms with Crippen molar-refractivity contribution in [1.29, 1.82) is 0 Å². The Morgan fingerprint density at radius 2 is 1.70 bits per heavy atom. The van der Waals surface area contributed by atoms with Crippen LogP contribution in [0.15, 0.2) is 78.4 Å². The lowest BCUT2D eigenvalue weighted by Gasteiger charge is -2.26. The summed E-state index contributed by atoms with van der Waals surface area (Å²) < 4.78 is 11.5. The molecular weight excluding hydrogens is 490 g/mol. The number of ether oxygens (including phenoxy) is 2. The molecule has 3 aromatic carbocycles. The van der Waals surface area contributed by atoms with Gasteiger partial charge in [-0.25, -0.2) is 0 Å². The van der Waals surface area contributed by atoms with Crippen molar-refractivity contribution >= 4 is 29.1 Å². The second-order valence-electron chi connectivity index (χ2n) is 8.89. The molecule has 6 nitrogen and oxygen atoms in total. The summed E-state index contributed by atoms with van der Waals surface area (Å²) >= 11 is 6.01. The number of aliphatic hydroxyl groups excluding tert-OH is 1. The van der Waals surface area contributed by atoms with Gasteiger partial charge in [-0.1, -0.05) is 67.8 Å². The normalized spacial score (nSPS) is 16.7. The highest BCUT2D eigenvalue weighted by atomic mass is 35.5. The third-order valence-corrected chi connectivity index (χ3v) is 6.61. The van der Waals surface area contributed by atoms with Gasteiger partial charge in [0.2, 0.25) is 0 Å². The summed E-state index contributed by atoms with van der Waals surface area (Å²) in [4.78, 5) is 28.1. The molecule has 1 atom stereocenters. The Morgan fingerprint density at radius 1 is 0.973 bits per heavy atom. The third kappa shape index (κ3) is 5.81. The first-order valence-electron chi connectivity index (χ1n) is 12.3. The molecule has 1 aliphatic rings. The number of likely N-dealkylation sites (tertiary alicyclic amines) is 1. The fourth-order valence-electron chi connectivity index (χ4n) is 4.44. The molecule has 0 bridgehead atoms. The monoisotopic (exact) mass is 519 g/mol. The minimum atomic E-state index is -0.820. The van der Waals surface area contributed by atoms with Crippen molar-refractivity contribution < 1.29 is 24.2 Å². The van der Waals surface area contributed by atoms with Crippen molar-refractivity contribution in [1.82, 2.24) is 4.90 Å². The van der Waals surface area contributed by atoms with E-state index in [-0.39, 0.29) is 17.9 Å². The van der Waals surface area contributed by atoms with Crippen LogP contribution in [0.2, 0.25) is 5.02 Å². The molecule has 0 aromatic heterocycles. The number of nitrogens with zero attached hydrogens (tertiary/aromatic N) is 1. The van der Waals surface area contributed by atoms with Crippen molar-refractivity contribution in [2.24, 2.45) is 0 Å². The number of Topliss-reactive ketones (excluding diaryl/α,β-unsaturated/α-hetero) is 1. The van der Waals surface area contributed by atoms with Gasteiger partial charge in [-0.3, -0.25) is 9.59 Å². The highest BCUT2D eigenvalue weighted by Crippen LogP contribution is 2.42. The van der Waals surface area contributed by atoms with Crippen LogP contribution in [0.5, 0.6) is 11.5 Å². The summed E-state index contributed by atoms with van der Waals surface area (Å²) in [5.41, 5.74) is 1.91. The molecule has 1 saturated heterocycles. The number of unbranched alkanes of at least 4 members (excludes halogenated alkanes) is 2. The van der Waals surface area contributed by atoms with Gasteiger partial charge in [-0.15, -0.1) is 0 Å². The van der Waals surface area contributed by atoms with Gasteiger partial charge < -0.3 is 19.5 Å². The third-order valence-electron chi connectivity index (χ3n) is 6.36. The average Bonchev–Trinajstić information content (AvgIpc) is 3.16. The molecule has 4 rings (SSSR count). The summed E-state index contributed by atoms with van der Waals surface area (Å²) in [6.45, 7) is 2.89. The van der Waals surface area contributed by atoms with Crippen LogP contribution in [-0.4, -0.2) is 35.4 Å². The molecule has 1 heterocycles. The fourth-order valence-corrected chi connectivity index (χ4v) is 4.57. The maximum absolute atomic E-state index is 13.3. The van der Waals surface area contributed by atoms with Crippen LogP contribution in [-0.2, 0) is 16.1 Å². The lowest BCUT2D eigenvalue weighted by molar-refractivity contribution is -0.140. The molecule has 0 saturated carbocycles. The number of benzene rings is 3. The smallest absolute Gasteiger partial charge is 0.295 e. The molecule has 0 spiro atoms. The van der Waals surface area contributed by atoms with E-state index in [4.69, 9.17) is 21.1 Å². The Morgan fingerprint density at radius 3 is 2.38 bits per heavy atom. The second-order valence-corrected chi connectivity index (χ2v) is 9.32. The summed E-state index contributed by atoms with van der Waals surface area (Å²) in [7, 11) is 1.55. The van der Waals surface area contributed by atoms with E-state index >= 15 is 0 Å². The van der Waals surface area contributed by atoms with Gasteiger partial charge in [-0.05, 0) is 53.9 Å². The summed E-state index contributed by atoms with van der Waals surface area (Å²) in [6.07, 6.45) is 3.09. The van der Waals surface area contributed by atoms with E-state index in [2.05, 4.69) is 6.92 Å². The molecule has 192 valence electrons. The summed E-state index contributed by atoms with van der Waals surface area (Å²) in [6, 6.07) is 20.4. The van der Waals surface area contributed by atoms with E-state index in [9.17, 15) is 14.7 Å². The van der Waals surface area contributed by atoms with Gasteiger partial charge in [0.1, 0.15) is 5.76 Å². The number of methoxy groups -OCH3 is 1. The Balaban J connectivity index is 1.79. The molecule has 7 heteroatoms. The van der Waals surface area contributed by atoms with E-state index in [1.54, 1.807) is 49.6 Å². The lowest BCUT2D eigenvalue weighted by atomic mass is 9.94. The Kier molecular flexibility index (Phi) is 8.51. The van der Waals surface area contributed by atoms with Crippen molar-refractivity contribution in [2.75, 3.05) is 13.7 Å². The quantitative estimate of drug-likeness (QED) is 0.142. The van der Waals surface area contributed by atoms with Gasteiger partial charge in [0.15, 0.2) is 11.5 Å². The van der Waals surface area contributed by atoms with Crippen molar-refractivity contribution in [2.45, 2.75) is 38.8 Å². The van der Waals surface area contributed by atoms with Crippen LogP contribution in [0, 0.1) is 0 Å². The Labute approximate surface area is 222 Å². The predicted octanol–water partition coefficient (Wildman–Crippen LogP) is 6.54. The first kappa shape index (κ1) is 26.3. The second kappa shape index (κ2) is 12.0. The number of amides is 1. The number of halogens is 1. The predicted molar refractivity (Wildman–Crippen MR) is 144 cm³/mol. The molecule has 37 heavy (non-hydrogen) atoms. The standard InChI is InChI=1S/C30H30ClNO5/c1-3-4-8-17-37-24-16-13-22(18-25(24)36-2)27-26(28(33)21-11-14-23(31)15-12-21)29(34)30(35)32(27)19-20-9-6-5-7-10-20/h5-7,9-16,18,27,33H,3-4,8,17,19H2,1-2H3/b28-26+. The number of carbonyl (C=O) groups is 2. The molecule has 1 unspecified atom stereocenters. The number of ketones is 1. The van der Waals surface area contributed by atoms with E-state index in [1.807, 2.05) is 30.3 Å². The van der Waals surface area contributed by atoms with Crippen LogP contribution >= 0.6 is 11.6 Å². The van der Waals surface area contributed by atoms with E-state index in [1.165, 1.54) is 4.90 Å². The Bertz CT molecular complexity index is 1290. The van der Waals surface area contributed by atoms with Gasteiger partial charge in [0, 0.05) is 17.1 Å². The lowest BCUT2D eigenvalue weighted by Crippen LogP contribution is -2.29. The topological polar surface area (TPSA) is 76.1 Å². The van der Waals surface area contributed by atoms with Gasteiger partial charge in [0.05, 0.1) is 25.3 Å². The average molecular weight is 520 g/mol. The Hall–Kier alpha value is -3.77. The van der Waals surface area contributed by atoms with Gasteiger partial charge in [-0.2, -0.15) is 0 Å². The molecule has 1 amide bonds. The SMILES string of the molecule is CCCCCOc1ccc(C2/C(=C(\O)c3ccc(Cl)cc3)C(=O)C(=O)N2Cc2ccccc2)cc1OC. The molecule has 0 radical (unpaired) electrons.